The van der Waals surface area contributed by atoms with Crippen LogP contribution in [0.5, 0.6) is 28.7 Å². The number of carbonyl (C=O) groups excluding carboxylic acids is 1. The van der Waals surface area contributed by atoms with Crippen molar-refractivity contribution in [2.75, 3.05) is 33.2 Å². The Morgan fingerprint density at radius 2 is 1.62 bits per heavy atom. The smallest absolute Gasteiger partial charge is 0.259 e. The van der Waals surface area contributed by atoms with Crippen LogP contribution in [0.1, 0.15) is 40.2 Å². The number of para-hydroxylation sites is 1. The molecule has 1 saturated carbocycles. The van der Waals surface area contributed by atoms with Crippen molar-refractivity contribution in [1.82, 2.24) is 0 Å². The lowest BCUT2D eigenvalue weighted by Crippen LogP contribution is -2.15. The predicted octanol–water partition coefficient (Wildman–Crippen LogP) is 5.14. The number of hydrogen-bond donors (Lipinski definition) is 2. The van der Waals surface area contributed by atoms with Crippen LogP contribution in [0.2, 0.25) is 0 Å². The van der Waals surface area contributed by atoms with Crippen molar-refractivity contribution in [1.29, 1.82) is 0 Å². The van der Waals surface area contributed by atoms with Gasteiger partial charge in [-0.05, 0) is 61.1 Å². The van der Waals surface area contributed by atoms with Crippen LogP contribution in [0.4, 0.5) is 5.69 Å². The fourth-order valence-corrected chi connectivity index (χ4v) is 3.99. The molecule has 0 saturated heterocycles. The second-order valence-electron chi connectivity index (χ2n) is 8.12. The van der Waals surface area contributed by atoms with Crippen LogP contribution in [0.15, 0.2) is 54.6 Å². The number of rotatable bonds is 10. The van der Waals surface area contributed by atoms with E-state index in [4.69, 9.17) is 24.7 Å². The maximum Gasteiger partial charge on any atom is 0.259 e. The monoisotopic (exact) mass is 462 g/mol. The van der Waals surface area contributed by atoms with Crippen molar-refractivity contribution in [3.05, 3.63) is 71.3 Å². The summed E-state index contributed by atoms with van der Waals surface area (Å²) in [7, 11) is 4.50. The standard InChI is InChI=1S/C27H30N2O5/c1-31-24-21(27(30)29-22-7-5-4-6-20(22)18-10-11-18)16-23(25(32-2)26(24)33-3)34-19-12-8-17(9-13-19)14-15-28/h4-9,12-13,16,18H,10-11,14-15,28H2,1-3H3,(H,29,30). The summed E-state index contributed by atoms with van der Waals surface area (Å²) in [6.45, 7) is 0.575. The average molecular weight is 463 g/mol. The van der Waals surface area contributed by atoms with Gasteiger partial charge in [-0.1, -0.05) is 30.3 Å². The first-order valence-corrected chi connectivity index (χ1v) is 11.3. The van der Waals surface area contributed by atoms with Crippen LogP contribution < -0.4 is 30.0 Å². The second kappa shape index (κ2) is 10.5. The first-order chi connectivity index (χ1) is 16.6. The number of anilines is 1. The zero-order chi connectivity index (χ0) is 24.1. The van der Waals surface area contributed by atoms with E-state index < -0.39 is 0 Å². The van der Waals surface area contributed by atoms with E-state index in [1.807, 2.05) is 42.5 Å². The van der Waals surface area contributed by atoms with Gasteiger partial charge in [0.05, 0.1) is 26.9 Å². The Kier molecular flexibility index (Phi) is 7.23. The van der Waals surface area contributed by atoms with Crippen molar-refractivity contribution < 1.29 is 23.7 Å². The van der Waals surface area contributed by atoms with Gasteiger partial charge in [0.25, 0.3) is 5.91 Å². The zero-order valence-electron chi connectivity index (χ0n) is 19.7. The molecule has 0 radical (unpaired) electrons. The van der Waals surface area contributed by atoms with Crippen molar-refractivity contribution in [3.63, 3.8) is 0 Å². The SMILES string of the molecule is COc1c(Oc2ccc(CCN)cc2)cc(C(=O)Nc2ccccc2C2CC2)c(OC)c1OC. The molecule has 0 spiro atoms. The fourth-order valence-electron chi connectivity index (χ4n) is 3.99. The molecule has 1 aliphatic rings. The van der Waals surface area contributed by atoms with Crippen molar-refractivity contribution in [3.8, 4) is 28.7 Å². The highest BCUT2D eigenvalue weighted by Crippen LogP contribution is 2.48. The third-order valence-corrected chi connectivity index (χ3v) is 5.82. The van der Waals surface area contributed by atoms with Gasteiger partial charge in [-0.2, -0.15) is 0 Å². The van der Waals surface area contributed by atoms with E-state index in [1.54, 1.807) is 6.07 Å². The quantitative estimate of drug-likeness (QED) is 0.434. The van der Waals surface area contributed by atoms with E-state index in [-0.39, 0.29) is 23.0 Å². The summed E-state index contributed by atoms with van der Waals surface area (Å²) in [6.07, 6.45) is 3.05. The van der Waals surface area contributed by atoms with Crippen molar-refractivity contribution in [2.24, 2.45) is 5.73 Å². The minimum Gasteiger partial charge on any atom is -0.492 e. The summed E-state index contributed by atoms with van der Waals surface area (Å²) >= 11 is 0. The summed E-state index contributed by atoms with van der Waals surface area (Å²) in [5.41, 5.74) is 8.97. The van der Waals surface area contributed by atoms with Crippen LogP contribution in [-0.4, -0.2) is 33.8 Å². The predicted molar refractivity (Wildman–Crippen MR) is 132 cm³/mol. The number of benzene rings is 3. The number of carbonyl (C=O) groups is 1. The Hall–Kier alpha value is -3.71. The van der Waals surface area contributed by atoms with E-state index >= 15 is 0 Å². The van der Waals surface area contributed by atoms with Gasteiger partial charge < -0.3 is 30.0 Å². The molecule has 3 N–H and O–H groups in total. The minimum absolute atomic E-state index is 0.270. The van der Waals surface area contributed by atoms with E-state index in [9.17, 15) is 4.79 Å². The van der Waals surface area contributed by atoms with Crippen LogP contribution in [0.3, 0.4) is 0 Å². The molecule has 7 nitrogen and oxygen atoms in total. The van der Waals surface area contributed by atoms with Gasteiger partial charge in [-0.25, -0.2) is 0 Å². The third kappa shape index (κ3) is 4.94. The lowest BCUT2D eigenvalue weighted by Gasteiger charge is -2.19. The Labute approximate surface area is 199 Å². The lowest BCUT2D eigenvalue weighted by atomic mass is 10.1. The van der Waals surface area contributed by atoms with E-state index in [0.29, 0.717) is 29.7 Å². The first-order valence-electron chi connectivity index (χ1n) is 11.3. The summed E-state index contributed by atoms with van der Waals surface area (Å²) in [4.78, 5) is 13.4. The minimum atomic E-state index is -0.325. The second-order valence-corrected chi connectivity index (χ2v) is 8.12. The molecular weight excluding hydrogens is 432 g/mol. The van der Waals surface area contributed by atoms with Gasteiger partial charge in [0.15, 0.2) is 11.5 Å². The Bertz CT molecular complexity index is 1160. The largest absolute Gasteiger partial charge is 0.492 e. The number of ether oxygens (including phenoxy) is 4. The highest BCUT2D eigenvalue weighted by atomic mass is 16.5. The van der Waals surface area contributed by atoms with Gasteiger partial charge in [-0.15, -0.1) is 0 Å². The molecule has 1 aliphatic carbocycles. The third-order valence-electron chi connectivity index (χ3n) is 5.82. The average Bonchev–Trinajstić information content (AvgIpc) is 3.70. The number of amides is 1. The van der Waals surface area contributed by atoms with E-state index in [2.05, 4.69) is 11.4 Å². The number of nitrogens with two attached hydrogens (primary N) is 1. The molecule has 3 aromatic carbocycles. The maximum atomic E-state index is 13.4. The highest BCUT2D eigenvalue weighted by Gasteiger charge is 2.29. The van der Waals surface area contributed by atoms with Crippen molar-refractivity contribution >= 4 is 11.6 Å². The summed E-state index contributed by atoms with van der Waals surface area (Å²) in [5.74, 6) is 1.98. The summed E-state index contributed by atoms with van der Waals surface area (Å²) in [5, 5.41) is 3.04. The molecule has 0 bridgehead atoms. The fraction of sp³-hybridized carbons (Fsp3) is 0.296. The lowest BCUT2D eigenvalue weighted by molar-refractivity contribution is 0.102. The summed E-state index contributed by atoms with van der Waals surface area (Å²) in [6, 6.07) is 17.1. The molecule has 1 fully saturated rings. The Balaban J connectivity index is 1.71. The van der Waals surface area contributed by atoms with Crippen LogP contribution in [0, 0.1) is 0 Å². The van der Waals surface area contributed by atoms with Gasteiger partial charge in [0.1, 0.15) is 5.75 Å². The molecule has 0 aromatic heterocycles. The van der Waals surface area contributed by atoms with Gasteiger partial charge >= 0.3 is 0 Å². The molecule has 178 valence electrons. The molecule has 0 aliphatic heterocycles. The Morgan fingerprint density at radius 1 is 0.941 bits per heavy atom. The van der Waals surface area contributed by atoms with Crippen molar-refractivity contribution in [2.45, 2.75) is 25.2 Å². The van der Waals surface area contributed by atoms with Gasteiger partial charge in [0, 0.05) is 11.8 Å². The number of hydrogen-bond acceptors (Lipinski definition) is 6. The molecule has 0 heterocycles. The summed E-state index contributed by atoms with van der Waals surface area (Å²) < 4.78 is 22.8. The Morgan fingerprint density at radius 3 is 2.24 bits per heavy atom. The zero-order valence-corrected chi connectivity index (χ0v) is 19.7. The van der Waals surface area contributed by atoms with Crippen LogP contribution >= 0.6 is 0 Å². The molecule has 3 aromatic rings. The molecule has 4 rings (SSSR count). The van der Waals surface area contributed by atoms with Gasteiger partial charge in [-0.3, -0.25) is 4.79 Å². The molecule has 34 heavy (non-hydrogen) atoms. The van der Waals surface area contributed by atoms with Gasteiger partial charge in [0.2, 0.25) is 11.5 Å². The highest BCUT2D eigenvalue weighted by molar-refractivity contribution is 6.08. The maximum absolute atomic E-state index is 13.4. The number of methoxy groups -OCH3 is 3. The molecule has 7 heteroatoms. The van der Waals surface area contributed by atoms with Crippen LogP contribution in [-0.2, 0) is 6.42 Å². The normalized spacial score (nSPS) is 12.7. The van der Waals surface area contributed by atoms with E-state index in [1.165, 1.54) is 21.3 Å². The topological polar surface area (TPSA) is 92.0 Å². The van der Waals surface area contributed by atoms with Crippen LogP contribution in [0.25, 0.3) is 0 Å². The molecule has 0 atom stereocenters. The molecular formula is C27H30N2O5. The molecule has 1 amide bonds. The first kappa shape index (κ1) is 23.4. The molecule has 0 unspecified atom stereocenters. The number of nitrogens with one attached hydrogen (secondary N) is 1. The van der Waals surface area contributed by atoms with E-state index in [0.717, 1.165) is 36.1 Å².